The molecule has 0 aromatic carbocycles. The van der Waals surface area contributed by atoms with Gasteiger partial charge in [0.25, 0.3) is 0 Å². The molecule has 0 amide bonds. The summed E-state index contributed by atoms with van der Waals surface area (Å²) in [6.07, 6.45) is 1.57. The van der Waals surface area contributed by atoms with E-state index in [2.05, 4.69) is 5.32 Å². The number of hydrogen-bond acceptors (Lipinski definition) is 4. The number of methoxy groups -OCH3 is 1. The van der Waals surface area contributed by atoms with E-state index in [4.69, 9.17) is 9.47 Å². The Labute approximate surface area is 97.7 Å². The van der Waals surface area contributed by atoms with Crippen LogP contribution in [0, 0.1) is 5.41 Å². The minimum atomic E-state index is -0.417. The molecule has 94 valence electrons. The van der Waals surface area contributed by atoms with Crippen molar-refractivity contribution in [2.24, 2.45) is 5.41 Å². The minimum Gasteiger partial charge on any atom is -0.460 e. The van der Waals surface area contributed by atoms with E-state index in [1.807, 2.05) is 20.8 Å². The average molecular weight is 229 g/mol. The van der Waals surface area contributed by atoms with Crippen molar-refractivity contribution in [1.29, 1.82) is 0 Å². The predicted octanol–water partition coefficient (Wildman–Crippen LogP) is 1.34. The van der Waals surface area contributed by atoms with Gasteiger partial charge < -0.3 is 14.8 Å². The smallest absolute Gasteiger partial charge is 0.314 e. The van der Waals surface area contributed by atoms with Gasteiger partial charge in [-0.3, -0.25) is 4.79 Å². The number of rotatable bonds is 4. The van der Waals surface area contributed by atoms with E-state index in [-0.39, 0.29) is 11.4 Å². The van der Waals surface area contributed by atoms with Gasteiger partial charge in [0.2, 0.25) is 0 Å². The molecule has 0 bridgehead atoms. The van der Waals surface area contributed by atoms with Gasteiger partial charge in [-0.25, -0.2) is 0 Å². The first kappa shape index (κ1) is 13.5. The molecule has 1 fully saturated rings. The normalized spacial score (nSPS) is 25.8. The first-order chi connectivity index (χ1) is 7.40. The SMILES string of the molecule is COCCC1(C(=O)OC(C)(C)C)CCNC1. The van der Waals surface area contributed by atoms with Crippen molar-refractivity contribution in [3.05, 3.63) is 0 Å². The van der Waals surface area contributed by atoms with Crippen LogP contribution in [-0.2, 0) is 14.3 Å². The lowest BCUT2D eigenvalue weighted by Crippen LogP contribution is -2.40. The van der Waals surface area contributed by atoms with E-state index >= 15 is 0 Å². The maximum absolute atomic E-state index is 12.2. The van der Waals surface area contributed by atoms with Crippen molar-refractivity contribution in [1.82, 2.24) is 5.32 Å². The van der Waals surface area contributed by atoms with E-state index in [9.17, 15) is 4.79 Å². The zero-order chi connectivity index (χ0) is 12.2. The fourth-order valence-electron chi connectivity index (χ4n) is 1.92. The Morgan fingerprint density at radius 3 is 2.56 bits per heavy atom. The molecular weight excluding hydrogens is 206 g/mol. The summed E-state index contributed by atoms with van der Waals surface area (Å²) in [5, 5.41) is 3.23. The fourth-order valence-corrected chi connectivity index (χ4v) is 1.92. The van der Waals surface area contributed by atoms with Gasteiger partial charge in [-0.1, -0.05) is 0 Å². The Kier molecular flexibility index (Phi) is 4.33. The van der Waals surface area contributed by atoms with Gasteiger partial charge >= 0.3 is 5.97 Å². The van der Waals surface area contributed by atoms with E-state index in [1.165, 1.54) is 0 Å². The van der Waals surface area contributed by atoms with Crippen molar-refractivity contribution in [2.75, 3.05) is 26.8 Å². The maximum atomic E-state index is 12.2. The van der Waals surface area contributed by atoms with Crippen LogP contribution in [0.25, 0.3) is 0 Å². The van der Waals surface area contributed by atoms with Crippen LogP contribution in [0.3, 0.4) is 0 Å². The number of carbonyl (C=O) groups is 1. The first-order valence-corrected chi connectivity index (χ1v) is 5.83. The van der Waals surface area contributed by atoms with E-state index < -0.39 is 5.60 Å². The highest BCUT2D eigenvalue weighted by molar-refractivity contribution is 5.78. The molecule has 0 spiro atoms. The number of esters is 1. The summed E-state index contributed by atoms with van der Waals surface area (Å²) in [5.41, 5.74) is -0.803. The predicted molar refractivity (Wildman–Crippen MR) is 62.3 cm³/mol. The highest BCUT2D eigenvalue weighted by Crippen LogP contribution is 2.32. The number of ether oxygens (including phenoxy) is 2. The van der Waals surface area contributed by atoms with Crippen LogP contribution in [0.1, 0.15) is 33.6 Å². The third kappa shape index (κ3) is 3.46. The van der Waals surface area contributed by atoms with E-state index in [1.54, 1.807) is 7.11 Å². The molecule has 1 N–H and O–H groups in total. The summed E-state index contributed by atoms with van der Waals surface area (Å²) < 4.78 is 10.6. The Morgan fingerprint density at radius 1 is 1.44 bits per heavy atom. The van der Waals surface area contributed by atoms with Crippen molar-refractivity contribution in [3.8, 4) is 0 Å². The van der Waals surface area contributed by atoms with Crippen molar-refractivity contribution in [2.45, 2.75) is 39.2 Å². The number of hydrogen-bond donors (Lipinski definition) is 1. The molecule has 1 aliphatic rings. The number of carbonyl (C=O) groups excluding carboxylic acids is 1. The second-order valence-corrected chi connectivity index (χ2v) is 5.45. The molecule has 0 aliphatic carbocycles. The molecule has 1 heterocycles. The monoisotopic (exact) mass is 229 g/mol. The van der Waals surface area contributed by atoms with Crippen molar-refractivity contribution < 1.29 is 14.3 Å². The average Bonchev–Trinajstić information content (AvgIpc) is 2.61. The van der Waals surface area contributed by atoms with Crippen molar-refractivity contribution >= 4 is 5.97 Å². The molecule has 1 unspecified atom stereocenters. The maximum Gasteiger partial charge on any atom is 0.314 e. The van der Waals surface area contributed by atoms with Gasteiger partial charge in [0.05, 0.1) is 5.41 Å². The molecule has 16 heavy (non-hydrogen) atoms. The highest BCUT2D eigenvalue weighted by atomic mass is 16.6. The van der Waals surface area contributed by atoms with Crippen LogP contribution in [0.15, 0.2) is 0 Å². The lowest BCUT2D eigenvalue weighted by atomic mass is 9.83. The largest absolute Gasteiger partial charge is 0.460 e. The van der Waals surface area contributed by atoms with Gasteiger partial charge in [0.1, 0.15) is 5.60 Å². The summed E-state index contributed by atoms with van der Waals surface area (Å²) in [6.45, 7) is 7.88. The molecule has 1 rings (SSSR count). The van der Waals surface area contributed by atoms with Crippen LogP contribution < -0.4 is 5.32 Å². The lowest BCUT2D eigenvalue weighted by molar-refractivity contribution is -0.167. The Morgan fingerprint density at radius 2 is 2.12 bits per heavy atom. The Hall–Kier alpha value is -0.610. The second kappa shape index (κ2) is 5.15. The number of nitrogens with one attached hydrogen (secondary N) is 1. The van der Waals surface area contributed by atoms with E-state index in [0.29, 0.717) is 13.2 Å². The molecule has 1 saturated heterocycles. The highest BCUT2D eigenvalue weighted by Gasteiger charge is 2.43. The molecule has 0 aromatic rings. The zero-order valence-corrected chi connectivity index (χ0v) is 10.8. The van der Waals surface area contributed by atoms with Gasteiger partial charge in [0.15, 0.2) is 0 Å². The molecule has 0 aromatic heterocycles. The van der Waals surface area contributed by atoms with Crippen LogP contribution in [-0.4, -0.2) is 38.4 Å². The van der Waals surface area contributed by atoms with E-state index in [0.717, 1.165) is 19.4 Å². The standard InChI is InChI=1S/C12H23NO3/c1-11(2,3)16-10(14)12(6-8-15-4)5-7-13-9-12/h13H,5-9H2,1-4H3. The summed E-state index contributed by atoms with van der Waals surface area (Å²) in [7, 11) is 1.66. The van der Waals surface area contributed by atoms with Crippen LogP contribution in [0.5, 0.6) is 0 Å². The molecular formula is C12H23NO3. The summed E-state index contributed by atoms with van der Waals surface area (Å²) in [4.78, 5) is 12.2. The Balaban J connectivity index is 2.65. The van der Waals surface area contributed by atoms with Gasteiger partial charge in [-0.2, -0.15) is 0 Å². The third-order valence-electron chi connectivity index (χ3n) is 2.86. The lowest BCUT2D eigenvalue weighted by Gasteiger charge is -2.30. The van der Waals surface area contributed by atoms with Gasteiger partial charge in [-0.05, 0) is 40.2 Å². The van der Waals surface area contributed by atoms with Gasteiger partial charge in [0, 0.05) is 20.3 Å². The molecule has 0 saturated carbocycles. The first-order valence-electron chi connectivity index (χ1n) is 5.83. The molecule has 1 aliphatic heterocycles. The zero-order valence-electron chi connectivity index (χ0n) is 10.8. The second-order valence-electron chi connectivity index (χ2n) is 5.45. The third-order valence-corrected chi connectivity index (χ3v) is 2.86. The van der Waals surface area contributed by atoms with Crippen LogP contribution in [0.4, 0.5) is 0 Å². The fraction of sp³-hybridized carbons (Fsp3) is 0.917. The van der Waals surface area contributed by atoms with Crippen LogP contribution in [0.2, 0.25) is 0 Å². The minimum absolute atomic E-state index is 0.0953. The summed E-state index contributed by atoms with van der Waals surface area (Å²) >= 11 is 0. The molecule has 4 nitrogen and oxygen atoms in total. The summed E-state index contributed by atoms with van der Waals surface area (Å²) in [6, 6.07) is 0. The molecule has 4 heteroatoms. The topological polar surface area (TPSA) is 47.6 Å². The van der Waals surface area contributed by atoms with Crippen LogP contribution >= 0.6 is 0 Å². The quantitative estimate of drug-likeness (QED) is 0.739. The van der Waals surface area contributed by atoms with Gasteiger partial charge in [-0.15, -0.1) is 0 Å². The summed E-state index contributed by atoms with van der Waals surface area (Å²) in [5.74, 6) is -0.0953. The van der Waals surface area contributed by atoms with Crippen molar-refractivity contribution in [3.63, 3.8) is 0 Å². The molecule has 0 radical (unpaired) electrons. The molecule has 1 atom stereocenters. The Bertz CT molecular complexity index is 239.